The van der Waals surface area contributed by atoms with Gasteiger partial charge in [0.1, 0.15) is 5.82 Å². The number of nitrogens with two attached hydrogens (primary N) is 1. The summed E-state index contributed by atoms with van der Waals surface area (Å²) in [4.78, 5) is 15.2. The molecule has 252 valence electrons. The number of halogens is 4. The van der Waals surface area contributed by atoms with Crippen molar-refractivity contribution in [3.63, 3.8) is 0 Å². The van der Waals surface area contributed by atoms with E-state index in [2.05, 4.69) is 43.4 Å². The molecular formula is C37H44F4N4O2. The van der Waals surface area contributed by atoms with Gasteiger partial charge in [-0.1, -0.05) is 61.9 Å². The van der Waals surface area contributed by atoms with Crippen LogP contribution in [0.2, 0.25) is 0 Å². The van der Waals surface area contributed by atoms with E-state index < -0.39 is 17.6 Å². The van der Waals surface area contributed by atoms with Gasteiger partial charge in [0, 0.05) is 56.0 Å². The summed E-state index contributed by atoms with van der Waals surface area (Å²) in [6.45, 7) is 11.7. The number of anilines is 1. The highest BCUT2D eigenvalue weighted by Gasteiger charge is 2.30. The van der Waals surface area contributed by atoms with Crippen molar-refractivity contribution in [2.75, 3.05) is 44.8 Å². The summed E-state index contributed by atoms with van der Waals surface area (Å²) in [5.74, 6) is -0.495. The number of nitrogens with zero attached hydrogens (tertiary/aromatic N) is 2. The van der Waals surface area contributed by atoms with Crippen LogP contribution in [0.3, 0.4) is 0 Å². The molecule has 4 aromatic rings. The summed E-state index contributed by atoms with van der Waals surface area (Å²) < 4.78 is 61.2. The number of fused-ring (bicyclic) bond motifs is 1. The number of nitrogens with one attached hydrogen (secondary N) is 1. The van der Waals surface area contributed by atoms with E-state index >= 15 is 4.39 Å². The van der Waals surface area contributed by atoms with Gasteiger partial charge in [0.25, 0.3) is 0 Å². The van der Waals surface area contributed by atoms with E-state index in [4.69, 9.17) is 10.5 Å². The van der Waals surface area contributed by atoms with E-state index in [1.807, 2.05) is 11.0 Å². The molecule has 5 rings (SSSR count). The van der Waals surface area contributed by atoms with Gasteiger partial charge < -0.3 is 25.3 Å². The molecule has 3 N–H and O–H groups in total. The van der Waals surface area contributed by atoms with Crippen molar-refractivity contribution in [2.45, 2.75) is 52.3 Å². The van der Waals surface area contributed by atoms with Crippen molar-refractivity contribution in [3.8, 4) is 0 Å². The second kappa shape index (κ2) is 15.2. The average molecular weight is 653 g/mol. The predicted octanol–water partition coefficient (Wildman–Crippen LogP) is 7.33. The Labute approximate surface area is 273 Å². The van der Waals surface area contributed by atoms with E-state index in [9.17, 15) is 18.0 Å². The lowest BCUT2D eigenvalue weighted by atomic mass is 9.86. The molecule has 0 saturated carbocycles. The standard InChI is InChI=1S/C26H28F4N4O.C11H16O/c1-16(2)24(31)20-15-34(14-17-4-6-18(7-5-17)26(28,29)30)22-13-23(21(27)12-19(22)25(20)35)33-10-3-8-32-9-11-33;1-11(2,9-12-3)10-7-5-4-6-8-10/h4-7,12-13,15,32H,3,8-11,14,31H2,1-2H3;4-8H,9H2,1-3H3. The Morgan fingerprint density at radius 3 is 2.26 bits per heavy atom. The highest BCUT2D eigenvalue weighted by molar-refractivity contribution is 5.86. The number of methoxy groups -OCH3 is 1. The summed E-state index contributed by atoms with van der Waals surface area (Å²) in [5.41, 5.74) is 9.27. The van der Waals surface area contributed by atoms with Crippen LogP contribution in [0.5, 0.6) is 0 Å². The van der Waals surface area contributed by atoms with Crippen LogP contribution < -0.4 is 21.4 Å². The minimum absolute atomic E-state index is 0.121. The Kier molecular flexibility index (Phi) is 11.5. The first-order valence-corrected chi connectivity index (χ1v) is 15.7. The van der Waals surface area contributed by atoms with E-state index in [-0.39, 0.29) is 28.3 Å². The highest BCUT2D eigenvalue weighted by atomic mass is 19.4. The van der Waals surface area contributed by atoms with E-state index in [1.54, 1.807) is 37.8 Å². The molecule has 47 heavy (non-hydrogen) atoms. The second-order valence-electron chi connectivity index (χ2n) is 12.7. The average Bonchev–Trinajstić information content (AvgIpc) is 3.32. The SMILES string of the molecule is CC(C)=C(N)c1cn(Cc2ccc(C(F)(F)F)cc2)c2cc(N3CCCNCC3)c(F)cc2c1=O.COCC(C)(C)c1ccccc1. The van der Waals surface area contributed by atoms with Crippen molar-refractivity contribution in [2.24, 2.45) is 5.73 Å². The Hall–Kier alpha value is -4.15. The molecule has 1 aliphatic heterocycles. The highest BCUT2D eigenvalue weighted by Crippen LogP contribution is 2.30. The van der Waals surface area contributed by atoms with Crippen molar-refractivity contribution < 1.29 is 22.3 Å². The van der Waals surface area contributed by atoms with Crippen LogP contribution in [0.1, 0.15) is 56.4 Å². The van der Waals surface area contributed by atoms with Gasteiger partial charge in [0.05, 0.1) is 28.9 Å². The molecule has 10 heteroatoms. The predicted molar refractivity (Wildman–Crippen MR) is 182 cm³/mol. The topological polar surface area (TPSA) is 72.5 Å². The molecule has 1 aromatic heterocycles. The number of alkyl halides is 3. The molecule has 0 radical (unpaired) electrons. The van der Waals surface area contributed by atoms with Gasteiger partial charge in [-0.2, -0.15) is 13.2 Å². The molecule has 0 aliphatic carbocycles. The minimum atomic E-state index is -4.43. The third kappa shape index (κ3) is 8.81. The molecule has 0 spiro atoms. The minimum Gasteiger partial charge on any atom is -0.398 e. The summed E-state index contributed by atoms with van der Waals surface area (Å²) >= 11 is 0. The van der Waals surface area contributed by atoms with E-state index in [0.717, 1.165) is 37.3 Å². The third-order valence-electron chi connectivity index (χ3n) is 8.35. The molecule has 1 fully saturated rings. The lowest BCUT2D eigenvalue weighted by Gasteiger charge is -2.24. The van der Waals surface area contributed by atoms with Crippen molar-refractivity contribution in [3.05, 3.63) is 117 Å². The van der Waals surface area contributed by atoms with E-state index in [0.29, 0.717) is 42.1 Å². The Balaban J connectivity index is 0.000000351. The molecule has 0 bridgehead atoms. The molecule has 2 heterocycles. The number of hydrogen-bond donors (Lipinski definition) is 2. The maximum atomic E-state index is 15.3. The molecule has 3 aromatic carbocycles. The first kappa shape index (κ1) is 35.7. The number of allylic oxidation sites excluding steroid dienone is 1. The summed E-state index contributed by atoms with van der Waals surface area (Å²) in [6, 6.07) is 18.2. The van der Waals surface area contributed by atoms with Crippen LogP contribution >= 0.6 is 0 Å². The fraction of sp³-hybridized carbons (Fsp3) is 0.378. The fourth-order valence-electron chi connectivity index (χ4n) is 5.65. The van der Waals surface area contributed by atoms with Crippen LogP contribution in [0, 0.1) is 5.82 Å². The summed E-state index contributed by atoms with van der Waals surface area (Å²) in [6.07, 6.45) is -1.97. The van der Waals surface area contributed by atoms with Crippen LogP contribution in [0.25, 0.3) is 16.6 Å². The zero-order valence-electron chi connectivity index (χ0n) is 27.7. The molecule has 1 aliphatic rings. The first-order valence-electron chi connectivity index (χ1n) is 15.7. The number of hydrogen-bond acceptors (Lipinski definition) is 5. The lowest BCUT2D eigenvalue weighted by Crippen LogP contribution is -2.29. The molecule has 0 amide bonds. The molecule has 0 atom stereocenters. The van der Waals surface area contributed by atoms with Crippen LogP contribution in [-0.2, 0) is 22.9 Å². The van der Waals surface area contributed by atoms with Gasteiger partial charge >= 0.3 is 6.18 Å². The van der Waals surface area contributed by atoms with Gasteiger partial charge in [-0.15, -0.1) is 0 Å². The number of ether oxygens (including phenoxy) is 1. The first-order chi connectivity index (χ1) is 22.2. The molecular weight excluding hydrogens is 608 g/mol. The zero-order chi connectivity index (χ0) is 34.4. The van der Waals surface area contributed by atoms with Crippen LogP contribution in [-0.4, -0.2) is 44.5 Å². The van der Waals surface area contributed by atoms with Crippen LogP contribution in [0.15, 0.2) is 83.3 Å². The maximum absolute atomic E-state index is 15.3. The monoisotopic (exact) mass is 652 g/mol. The Morgan fingerprint density at radius 1 is 0.957 bits per heavy atom. The van der Waals surface area contributed by atoms with Gasteiger partial charge in [-0.3, -0.25) is 4.79 Å². The summed E-state index contributed by atoms with van der Waals surface area (Å²) in [7, 11) is 1.74. The number of aromatic nitrogens is 1. The third-order valence-corrected chi connectivity index (χ3v) is 8.35. The van der Waals surface area contributed by atoms with Crippen molar-refractivity contribution >= 4 is 22.3 Å². The van der Waals surface area contributed by atoms with Crippen molar-refractivity contribution in [1.29, 1.82) is 0 Å². The normalized spacial score (nSPS) is 13.9. The molecule has 6 nitrogen and oxygen atoms in total. The van der Waals surface area contributed by atoms with Gasteiger partial charge in [0.2, 0.25) is 0 Å². The summed E-state index contributed by atoms with van der Waals surface area (Å²) in [5, 5.41) is 3.46. The fourth-order valence-corrected chi connectivity index (χ4v) is 5.65. The molecule has 0 unspecified atom stereocenters. The Morgan fingerprint density at radius 2 is 1.64 bits per heavy atom. The van der Waals surface area contributed by atoms with Crippen molar-refractivity contribution in [1.82, 2.24) is 9.88 Å². The van der Waals surface area contributed by atoms with E-state index in [1.165, 1.54) is 23.8 Å². The quantitative estimate of drug-likeness (QED) is 0.205. The van der Waals surface area contributed by atoms with Gasteiger partial charge in [-0.05, 0) is 62.2 Å². The van der Waals surface area contributed by atoms with Gasteiger partial charge in [0.15, 0.2) is 5.43 Å². The lowest BCUT2D eigenvalue weighted by molar-refractivity contribution is -0.137. The zero-order valence-corrected chi connectivity index (χ0v) is 27.7. The molecule has 1 saturated heterocycles. The Bertz CT molecular complexity index is 1740. The number of benzene rings is 3. The number of rotatable bonds is 7. The van der Waals surface area contributed by atoms with Crippen LogP contribution in [0.4, 0.5) is 23.2 Å². The largest absolute Gasteiger partial charge is 0.416 e. The number of pyridine rings is 1. The smallest absolute Gasteiger partial charge is 0.398 e. The maximum Gasteiger partial charge on any atom is 0.416 e. The van der Waals surface area contributed by atoms with Gasteiger partial charge in [-0.25, -0.2) is 4.39 Å². The second-order valence-corrected chi connectivity index (χ2v) is 12.7.